The maximum absolute atomic E-state index is 14.6. The topological polar surface area (TPSA) is 121 Å². The van der Waals surface area contributed by atoms with E-state index >= 15 is 0 Å². The standard InChI is InChI=1S/C25H25FN6O3/c1-29-20-8-5-16(13-19(20)26)23-22(15-3-6-18(35-2)7-4-15)24(34)32(14-21(28)33)25(30-23)31-11-9-17(27)10-12-31/h3-8,13,17H,9-12,14,27H2,2H3,(H2,28,33). The molecule has 0 bridgehead atoms. The number of methoxy groups -OCH3 is 1. The molecule has 4 rings (SSSR count). The van der Waals surface area contributed by atoms with Crippen molar-refractivity contribution in [2.75, 3.05) is 25.1 Å². The summed E-state index contributed by atoms with van der Waals surface area (Å²) < 4.78 is 21.1. The Morgan fingerprint density at radius 3 is 2.43 bits per heavy atom. The number of hydrogen-bond donors (Lipinski definition) is 2. The molecule has 0 aliphatic carbocycles. The van der Waals surface area contributed by atoms with E-state index in [-0.39, 0.29) is 35.5 Å². The number of primary amides is 1. The fraction of sp³-hybridized carbons (Fsp3) is 0.280. The Morgan fingerprint density at radius 1 is 1.20 bits per heavy atom. The summed E-state index contributed by atoms with van der Waals surface area (Å²) in [6.45, 7) is 7.85. The molecule has 0 unspecified atom stereocenters. The summed E-state index contributed by atoms with van der Waals surface area (Å²) in [5, 5.41) is 0. The van der Waals surface area contributed by atoms with E-state index in [9.17, 15) is 14.0 Å². The van der Waals surface area contributed by atoms with Crippen LogP contribution in [0.3, 0.4) is 0 Å². The lowest BCUT2D eigenvalue weighted by molar-refractivity contribution is -0.118. The van der Waals surface area contributed by atoms with Gasteiger partial charge < -0.3 is 21.1 Å². The third-order valence-corrected chi connectivity index (χ3v) is 6.01. The lowest BCUT2D eigenvalue weighted by Gasteiger charge is -2.33. The van der Waals surface area contributed by atoms with E-state index in [0.29, 0.717) is 42.8 Å². The van der Waals surface area contributed by atoms with Crippen molar-refractivity contribution in [3.05, 3.63) is 70.1 Å². The van der Waals surface area contributed by atoms with Gasteiger partial charge in [0.05, 0.1) is 24.9 Å². The second kappa shape index (κ2) is 9.95. The predicted octanol–water partition coefficient (Wildman–Crippen LogP) is 2.69. The number of ether oxygens (including phenoxy) is 1. The molecular weight excluding hydrogens is 451 g/mol. The van der Waals surface area contributed by atoms with Crippen LogP contribution in [0.4, 0.5) is 16.0 Å². The molecule has 2 heterocycles. The maximum Gasteiger partial charge on any atom is 0.263 e. The third-order valence-electron chi connectivity index (χ3n) is 6.01. The summed E-state index contributed by atoms with van der Waals surface area (Å²) in [5.74, 6) is -0.548. The number of halogens is 1. The zero-order valence-corrected chi connectivity index (χ0v) is 19.2. The number of rotatable bonds is 6. The molecule has 1 saturated heterocycles. The first-order valence-electron chi connectivity index (χ1n) is 11.1. The molecule has 0 spiro atoms. The van der Waals surface area contributed by atoms with Crippen LogP contribution in [0, 0.1) is 12.4 Å². The molecule has 0 saturated carbocycles. The molecule has 1 aromatic heterocycles. The van der Waals surface area contributed by atoms with Crippen molar-refractivity contribution in [2.24, 2.45) is 11.5 Å². The van der Waals surface area contributed by atoms with Gasteiger partial charge in [0.1, 0.15) is 18.1 Å². The van der Waals surface area contributed by atoms with Crippen molar-refractivity contribution < 1.29 is 13.9 Å². The van der Waals surface area contributed by atoms with Gasteiger partial charge in [-0.05, 0) is 36.6 Å². The fourth-order valence-electron chi connectivity index (χ4n) is 4.15. The van der Waals surface area contributed by atoms with Crippen LogP contribution in [-0.4, -0.2) is 41.7 Å². The molecule has 4 N–H and O–H groups in total. The highest BCUT2D eigenvalue weighted by atomic mass is 19.1. The Morgan fingerprint density at radius 2 is 1.86 bits per heavy atom. The number of amides is 1. The van der Waals surface area contributed by atoms with E-state index in [0.717, 1.165) is 0 Å². The highest BCUT2D eigenvalue weighted by molar-refractivity contribution is 5.82. The van der Waals surface area contributed by atoms with Crippen molar-refractivity contribution in [2.45, 2.75) is 25.4 Å². The third kappa shape index (κ3) is 4.85. The molecule has 0 atom stereocenters. The van der Waals surface area contributed by atoms with Crippen molar-refractivity contribution in [3.8, 4) is 28.1 Å². The predicted molar refractivity (Wildman–Crippen MR) is 131 cm³/mol. The molecule has 35 heavy (non-hydrogen) atoms. The molecule has 3 aromatic rings. The molecule has 0 radical (unpaired) electrons. The number of hydrogen-bond acceptors (Lipinski definition) is 6. The zero-order chi connectivity index (χ0) is 25.1. The Kier molecular flexibility index (Phi) is 6.80. The van der Waals surface area contributed by atoms with Gasteiger partial charge in [0.15, 0.2) is 0 Å². The van der Waals surface area contributed by atoms with Crippen LogP contribution in [0.1, 0.15) is 12.8 Å². The van der Waals surface area contributed by atoms with Gasteiger partial charge in [-0.25, -0.2) is 14.2 Å². The number of nitrogens with zero attached hydrogens (tertiary/aromatic N) is 4. The molecule has 10 heteroatoms. The van der Waals surface area contributed by atoms with Gasteiger partial charge in [0.25, 0.3) is 5.56 Å². The fourth-order valence-corrected chi connectivity index (χ4v) is 4.15. The number of aromatic nitrogens is 2. The Labute approximate surface area is 201 Å². The van der Waals surface area contributed by atoms with Crippen molar-refractivity contribution in [3.63, 3.8) is 0 Å². The minimum absolute atomic E-state index is 0.0378. The largest absolute Gasteiger partial charge is 0.497 e. The van der Waals surface area contributed by atoms with Crippen LogP contribution in [0.15, 0.2) is 47.3 Å². The van der Waals surface area contributed by atoms with Gasteiger partial charge in [-0.15, -0.1) is 0 Å². The second-order valence-corrected chi connectivity index (χ2v) is 8.32. The quantitative estimate of drug-likeness (QED) is 0.528. The Balaban J connectivity index is 2.00. The minimum Gasteiger partial charge on any atom is -0.497 e. The average Bonchev–Trinajstić information content (AvgIpc) is 2.85. The van der Waals surface area contributed by atoms with Crippen LogP contribution >= 0.6 is 0 Å². The smallest absolute Gasteiger partial charge is 0.263 e. The van der Waals surface area contributed by atoms with Gasteiger partial charge in [-0.3, -0.25) is 14.2 Å². The molecule has 1 amide bonds. The minimum atomic E-state index is -0.716. The molecule has 2 aromatic carbocycles. The number of nitrogens with two attached hydrogens (primary N) is 2. The van der Waals surface area contributed by atoms with E-state index in [1.165, 1.54) is 23.8 Å². The SMILES string of the molecule is [C-]#[N+]c1ccc(-c2nc(N3CCC(N)CC3)n(CC(N)=O)c(=O)c2-c2ccc(OC)cc2)cc1F. The molecule has 1 aliphatic heterocycles. The number of benzene rings is 2. The lowest BCUT2D eigenvalue weighted by Crippen LogP contribution is -2.43. The molecular formula is C25H25FN6O3. The monoisotopic (exact) mass is 476 g/mol. The van der Waals surface area contributed by atoms with Gasteiger partial charge in [0, 0.05) is 24.7 Å². The molecule has 9 nitrogen and oxygen atoms in total. The lowest BCUT2D eigenvalue weighted by atomic mass is 9.99. The van der Waals surface area contributed by atoms with Gasteiger partial charge in [-0.1, -0.05) is 24.3 Å². The first-order chi connectivity index (χ1) is 16.8. The first kappa shape index (κ1) is 23.9. The maximum atomic E-state index is 14.6. The van der Waals surface area contributed by atoms with E-state index < -0.39 is 17.3 Å². The second-order valence-electron chi connectivity index (χ2n) is 8.32. The molecule has 1 fully saturated rings. The summed E-state index contributed by atoms with van der Waals surface area (Å²) in [4.78, 5) is 35.6. The number of carbonyl (C=O) groups is 1. The summed E-state index contributed by atoms with van der Waals surface area (Å²) in [6, 6.07) is 10.9. The first-order valence-corrected chi connectivity index (χ1v) is 11.1. The van der Waals surface area contributed by atoms with Crippen molar-refractivity contribution >= 4 is 17.5 Å². The summed E-state index contributed by atoms with van der Waals surface area (Å²) in [6.07, 6.45) is 1.38. The number of piperidine rings is 1. The van der Waals surface area contributed by atoms with Crippen LogP contribution in [-0.2, 0) is 11.3 Å². The summed E-state index contributed by atoms with van der Waals surface area (Å²) in [5.41, 5.74) is 12.2. The Bertz CT molecular complexity index is 1360. The van der Waals surface area contributed by atoms with Crippen molar-refractivity contribution in [1.82, 2.24) is 9.55 Å². The highest BCUT2D eigenvalue weighted by Gasteiger charge is 2.26. The number of carbonyl (C=O) groups excluding carboxylic acids is 1. The van der Waals surface area contributed by atoms with Gasteiger partial charge >= 0.3 is 0 Å². The van der Waals surface area contributed by atoms with Crippen LogP contribution < -0.4 is 26.7 Å². The van der Waals surface area contributed by atoms with Crippen molar-refractivity contribution in [1.29, 1.82) is 0 Å². The molecule has 1 aliphatic rings. The number of anilines is 1. The summed E-state index contributed by atoms with van der Waals surface area (Å²) >= 11 is 0. The van der Waals surface area contributed by atoms with E-state index in [2.05, 4.69) is 4.85 Å². The Hall–Kier alpha value is -4.23. The van der Waals surface area contributed by atoms with E-state index in [4.69, 9.17) is 27.8 Å². The summed E-state index contributed by atoms with van der Waals surface area (Å²) in [7, 11) is 1.53. The normalized spacial score (nSPS) is 13.9. The molecule has 180 valence electrons. The van der Waals surface area contributed by atoms with E-state index in [1.54, 1.807) is 30.3 Å². The zero-order valence-electron chi connectivity index (χ0n) is 19.2. The van der Waals surface area contributed by atoms with Crippen LogP contribution in [0.2, 0.25) is 0 Å². The van der Waals surface area contributed by atoms with Gasteiger partial charge in [-0.2, -0.15) is 0 Å². The van der Waals surface area contributed by atoms with Crippen LogP contribution in [0.5, 0.6) is 5.75 Å². The van der Waals surface area contributed by atoms with Gasteiger partial charge in [0.2, 0.25) is 17.5 Å². The average molecular weight is 477 g/mol. The van der Waals surface area contributed by atoms with E-state index in [1.807, 2.05) is 4.90 Å². The van der Waals surface area contributed by atoms with Crippen LogP contribution in [0.25, 0.3) is 27.2 Å². The highest BCUT2D eigenvalue weighted by Crippen LogP contribution is 2.33.